The molecule has 5 nitrogen and oxygen atoms in total. The molecule has 1 aliphatic rings. The van der Waals surface area contributed by atoms with Crippen molar-refractivity contribution < 1.29 is 9.59 Å². The topological polar surface area (TPSA) is 84.2 Å². The highest BCUT2D eigenvalue weighted by Crippen LogP contribution is 2.33. The molecule has 0 spiro atoms. The number of carbonyl (C=O) groups is 2. The third-order valence-electron chi connectivity index (χ3n) is 5.44. The van der Waals surface area contributed by atoms with E-state index >= 15 is 0 Å². The highest BCUT2D eigenvalue weighted by Gasteiger charge is 2.30. The molecule has 1 aromatic rings. The summed E-state index contributed by atoms with van der Waals surface area (Å²) in [4.78, 5) is 25.2. The van der Waals surface area contributed by atoms with Crippen LogP contribution in [0, 0.1) is 17.8 Å². The molecule has 1 aromatic carbocycles. The Kier molecular flexibility index (Phi) is 8.10. The van der Waals surface area contributed by atoms with Crippen molar-refractivity contribution in [1.29, 1.82) is 0 Å². The molecule has 5 heteroatoms. The normalized spacial score (nSPS) is 21.2. The van der Waals surface area contributed by atoms with Gasteiger partial charge in [-0.15, -0.1) is 0 Å². The molecule has 0 radical (unpaired) electrons. The summed E-state index contributed by atoms with van der Waals surface area (Å²) in [5, 5.41) is 5.80. The molecular weight excluding hydrogens is 326 g/mol. The predicted octanol–water partition coefficient (Wildman–Crippen LogP) is 2.25. The molecular formula is C21H33N3O2. The van der Waals surface area contributed by atoms with Crippen molar-refractivity contribution in [2.24, 2.45) is 23.5 Å². The molecule has 4 N–H and O–H groups in total. The van der Waals surface area contributed by atoms with Crippen molar-refractivity contribution in [3.8, 4) is 0 Å². The maximum atomic E-state index is 12.7. The van der Waals surface area contributed by atoms with Crippen LogP contribution in [-0.2, 0) is 16.0 Å². The third-order valence-corrected chi connectivity index (χ3v) is 5.44. The maximum Gasteiger partial charge on any atom is 0.242 e. The van der Waals surface area contributed by atoms with Gasteiger partial charge < -0.3 is 16.4 Å². The van der Waals surface area contributed by atoms with E-state index in [1.165, 1.54) is 0 Å². The van der Waals surface area contributed by atoms with E-state index in [-0.39, 0.29) is 17.7 Å². The van der Waals surface area contributed by atoms with Gasteiger partial charge in [0.05, 0.1) is 0 Å². The van der Waals surface area contributed by atoms with Gasteiger partial charge in [-0.3, -0.25) is 9.59 Å². The first-order chi connectivity index (χ1) is 12.5. The van der Waals surface area contributed by atoms with Crippen LogP contribution in [0.15, 0.2) is 30.3 Å². The van der Waals surface area contributed by atoms with Crippen LogP contribution in [0.25, 0.3) is 0 Å². The summed E-state index contributed by atoms with van der Waals surface area (Å²) >= 11 is 0. The second-order valence-corrected chi connectivity index (χ2v) is 7.69. The molecule has 1 atom stereocenters. The van der Waals surface area contributed by atoms with E-state index in [9.17, 15) is 9.59 Å². The van der Waals surface area contributed by atoms with Crippen molar-refractivity contribution in [2.45, 2.75) is 52.0 Å². The lowest BCUT2D eigenvalue weighted by molar-refractivity contribution is -0.132. The van der Waals surface area contributed by atoms with Crippen molar-refractivity contribution in [3.05, 3.63) is 35.9 Å². The van der Waals surface area contributed by atoms with Gasteiger partial charge in [-0.2, -0.15) is 0 Å². The smallest absolute Gasteiger partial charge is 0.242 e. The molecule has 0 saturated heterocycles. The first-order valence-corrected chi connectivity index (χ1v) is 9.83. The van der Waals surface area contributed by atoms with Crippen molar-refractivity contribution >= 4 is 11.8 Å². The van der Waals surface area contributed by atoms with Gasteiger partial charge >= 0.3 is 0 Å². The minimum atomic E-state index is -0.556. The monoisotopic (exact) mass is 359 g/mol. The minimum absolute atomic E-state index is 0.0102. The van der Waals surface area contributed by atoms with E-state index in [4.69, 9.17) is 5.73 Å². The van der Waals surface area contributed by atoms with Gasteiger partial charge in [-0.25, -0.2) is 0 Å². The van der Waals surface area contributed by atoms with Crippen LogP contribution in [0.4, 0.5) is 0 Å². The summed E-state index contributed by atoms with van der Waals surface area (Å²) in [5.41, 5.74) is 6.51. The first kappa shape index (κ1) is 20.4. The van der Waals surface area contributed by atoms with Gasteiger partial charge in [-0.1, -0.05) is 44.2 Å². The lowest BCUT2D eigenvalue weighted by Gasteiger charge is -2.31. The van der Waals surface area contributed by atoms with Crippen LogP contribution < -0.4 is 16.4 Å². The second-order valence-electron chi connectivity index (χ2n) is 7.69. The van der Waals surface area contributed by atoms with Crippen LogP contribution >= 0.6 is 0 Å². The molecule has 0 aliphatic heterocycles. The Labute approximate surface area is 157 Å². The third kappa shape index (κ3) is 6.13. The fourth-order valence-corrected chi connectivity index (χ4v) is 3.72. The van der Waals surface area contributed by atoms with Crippen LogP contribution in [0.3, 0.4) is 0 Å². The minimum Gasteiger partial charge on any atom is -0.353 e. The Hall–Kier alpha value is -1.88. The zero-order valence-corrected chi connectivity index (χ0v) is 16.0. The zero-order chi connectivity index (χ0) is 18.9. The number of carbonyl (C=O) groups excluding carboxylic acids is 2. The number of nitrogens with one attached hydrogen (secondary N) is 2. The van der Waals surface area contributed by atoms with E-state index in [1.54, 1.807) is 0 Å². The molecule has 2 rings (SSSR count). The van der Waals surface area contributed by atoms with Gasteiger partial charge in [0.25, 0.3) is 0 Å². The molecule has 1 saturated carbocycles. The Morgan fingerprint density at radius 2 is 1.77 bits per heavy atom. The zero-order valence-electron chi connectivity index (χ0n) is 16.0. The molecule has 1 aliphatic carbocycles. The Bertz CT molecular complexity index is 566. The Balaban J connectivity index is 1.96. The first-order valence-electron chi connectivity index (χ1n) is 9.83. The highest BCUT2D eigenvalue weighted by molar-refractivity contribution is 5.88. The standard InChI is InChI=1S/C21H33N3O2/c1-15(2)17-8-10-18(11-9-17)20(25)24-19(21(26)23-13-12-22)14-16-6-4-3-5-7-16/h3-7,15,17-19H,8-14,22H2,1-2H3,(H,23,26)(H,24,25)/t17?,18?,19-/m1/s1. The molecule has 0 heterocycles. The summed E-state index contributed by atoms with van der Waals surface area (Å²) in [6.07, 6.45) is 4.51. The molecule has 2 amide bonds. The number of nitrogens with two attached hydrogens (primary N) is 1. The van der Waals surface area contributed by atoms with E-state index in [0.717, 1.165) is 31.2 Å². The average Bonchev–Trinajstić information content (AvgIpc) is 2.66. The van der Waals surface area contributed by atoms with Gasteiger partial charge in [0, 0.05) is 25.4 Å². The Morgan fingerprint density at radius 3 is 2.35 bits per heavy atom. The molecule has 0 aromatic heterocycles. The fraction of sp³-hybridized carbons (Fsp3) is 0.619. The van der Waals surface area contributed by atoms with Crippen molar-refractivity contribution in [1.82, 2.24) is 10.6 Å². The fourth-order valence-electron chi connectivity index (χ4n) is 3.72. The van der Waals surface area contributed by atoms with Crippen LogP contribution in [0.1, 0.15) is 45.1 Å². The maximum absolute atomic E-state index is 12.7. The van der Waals surface area contributed by atoms with Crippen molar-refractivity contribution in [3.63, 3.8) is 0 Å². The van der Waals surface area contributed by atoms with Gasteiger partial charge in [0.15, 0.2) is 0 Å². The number of amides is 2. The van der Waals surface area contributed by atoms with Crippen LogP contribution in [0.2, 0.25) is 0 Å². The van der Waals surface area contributed by atoms with Gasteiger partial charge in [-0.05, 0) is 43.1 Å². The SMILES string of the molecule is CC(C)C1CCC(C(=O)N[C@H](Cc2ccccc2)C(=O)NCCN)CC1. The van der Waals surface area contributed by atoms with E-state index in [1.807, 2.05) is 30.3 Å². The van der Waals surface area contributed by atoms with Crippen LogP contribution in [0.5, 0.6) is 0 Å². The average molecular weight is 360 g/mol. The lowest BCUT2D eigenvalue weighted by Crippen LogP contribution is -2.50. The lowest BCUT2D eigenvalue weighted by atomic mass is 9.76. The quantitative estimate of drug-likeness (QED) is 0.665. The largest absolute Gasteiger partial charge is 0.353 e. The van der Waals surface area contributed by atoms with Gasteiger partial charge in [0.2, 0.25) is 11.8 Å². The van der Waals surface area contributed by atoms with E-state index in [2.05, 4.69) is 24.5 Å². The predicted molar refractivity (Wildman–Crippen MR) is 104 cm³/mol. The second kappa shape index (κ2) is 10.3. The van der Waals surface area contributed by atoms with Crippen LogP contribution in [-0.4, -0.2) is 30.9 Å². The summed E-state index contributed by atoms with van der Waals surface area (Å²) in [6, 6.07) is 9.23. The molecule has 1 fully saturated rings. The Morgan fingerprint density at radius 1 is 1.12 bits per heavy atom. The number of benzene rings is 1. The molecule has 144 valence electrons. The summed E-state index contributed by atoms with van der Waals surface area (Å²) in [5.74, 6) is 1.25. The summed E-state index contributed by atoms with van der Waals surface area (Å²) < 4.78 is 0. The molecule has 0 unspecified atom stereocenters. The van der Waals surface area contributed by atoms with E-state index < -0.39 is 6.04 Å². The van der Waals surface area contributed by atoms with Crippen molar-refractivity contribution in [2.75, 3.05) is 13.1 Å². The molecule has 0 bridgehead atoms. The summed E-state index contributed by atoms with van der Waals surface area (Å²) in [7, 11) is 0. The van der Waals surface area contributed by atoms with E-state index in [0.29, 0.717) is 31.3 Å². The number of hydrogen-bond acceptors (Lipinski definition) is 3. The molecule has 26 heavy (non-hydrogen) atoms. The number of hydrogen-bond donors (Lipinski definition) is 3. The van der Waals surface area contributed by atoms with Gasteiger partial charge in [0.1, 0.15) is 6.04 Å². The highest BCUT2D eigenvalue weighted by atomic mass is 16.2. The summed E-state index contributed by atoms with van der Waals surface area (Å²) in [6.45, 7) is 5.31. The number of rotatable bonds is 8.